The fourth-order valence-corrected chi connectivity index (χ4v) is 5.23. The van der Waals surface area contributed by atoms with Gasteiger partial charge in [-0.1, -0.05) is 26.8 Å². The first-order valence-electron chi connectivity index (χ1n) is 12.6. The number of nitrogens with zero attached hydrogens (tertiary/aromatic N) is 4. The molecule has 2 aliphatic rings. The number of carbonyl (C=O) groups excluding carboxylic acids is 1. The van der Waals surface area contributed by atoms with E-state index in [1.807, 2.05) is 20.8 Å². The molecular formula is C26H33F4N5O2. The van der Waals surface area contributed by atoms with E-state index in [1.54, 1.807) is 4.90 Å². The number of anilines is 1. The van der Waals surface area contributed by atoms with Crippen LogP contribution in [0.3, 0.4) is 0 Å². The molecule has 1 amide bonds. The summed E-state index contributed by atoms with van der Waals surface area (Å²) < 4.78 is 54.1. The highest BCUT2D eigenvalue weighted by molar-refractivity contribution is 5.84. The molecule has 0 saturated carbocycles. The normalized spacial score (nSPS) is 20.9. The summed E-state index contributed by atoms with van der Waals surface area (Å²) in [6, 6.07) is 2.53. The minimum absolute atomic E-state index is 0.0255. The number of rotatable bonds is 7. The van der Waals surface area contributed by atoms with E-state index >= 15 is 0 Å². The zero-order chi connectivity index (χ0) is 26.9. The summed E-state index contributed by atoms with van der Waals surface area (Å²) in [4.78, 5) is 26.0. The van der Waals surface area contributed by atoms with Crippen molar-refractivity contribution in [3.05, 3.63) is 52.7 Å². The molecule has 2 aromatic rings. The van der Waals surface area contributed by atoms with E-state index in [4.69, 9.17) is 0 Å². The lowest BCUT2D eigenvalue weighted by molar-refractivity contribution is -0.137. The number of nitrogens with one attached hydrogen (secondary N) is 1. The fraction of sp³-hybridized carbons (Fsp3) is 0.577. The van der Waals surface area contributed by atoms with Crippen LogP contribution in [0.1, 0.15) is 73.9 Å². The highest BCUT2D eigenvalue weighted by Crippen LogP contribution is 2.43. The molecule has 1 saturated heterocycles. The Morgan fingerprint density at radius 2 is 1.89 bits per heavy atom. The Bertz CT molecular complexity index is 1120. The molecule has 0 unspecified atom stereocenters. The van der Waals surface area contributed by atoms with Crippen molar-refractivity contribution in [1.29, 1.82) is 0 Å². The second-order valence-corrected chi connectivity index (χ2v) is 10.1. The molecule has 1 aliphatic heterocycles. The van der Waals surface area contributed by atoms with E-state index in [2.05, 4.69) is 20.2 Å². The number of halogens is 4. The minimum atomic E-state index is -4.66. The summed E-state index contributed by atoms with van der Waals surface area (Å²) in [5, 5.41) is 13.5. The minimum Gasteiger partial charge on any atom is -0.387 e. The molecular weight excluding hydrogens is 490 g/mol. The molecule has 1 fully saturated rings. The van der Waals surface area contributed by atoms with Crippen LogP contribution in [0.15, 0.2) is 24.5 Å². The zero-order valence-corrected chi connectivity index (χ0v) is 21.2. The van der Waals surface area contributed by atoms with Crippen LogP contribution in [0.4, 0.5) is 23.4 Å². The summed E-state index contributed by atoms with van der Waals surface area (Å²) in [5.74, 6) is -1.37. The van der Waals surface area contributed by atoms with Gasteiger partial charge in [0, 0.05) is 43.3 Å². The highest BCUT2D eigenvalue weighted by atomic mass is 19.4. The first-order valence-corrected chi connectivity index (χ1v) is 12.6. The van der Waals surface area contributed by atoms with Crippen molar-refractivity contribution in [3.63, 3.8) is 0 Å². The maximum absolute atomic E-state index is 14.9. The van der Waals surface area contributed by atoms with Crippen LogP contribution < -0.4 is 10.2 Å². The third-order valence-corrected chi connectivity index (χ3v) is 7.16. The molecule has 0 bridgehead atoms. The van der Waals surface area contributed by atoms with Crippen LogP contribution in [-0.2, 0) is 11.0 Å². The molecule has 4 rings (SSSR count). The van der Waals surface area contributed by atoms with Crippen molar-refractivity contribution >= 4 is 11.7 Å². The Balaban J connectivity index is 1.51. The quantitative estimate of drug-likeness (QED) is 0.534. The van der Waals surface area contributed by atoms with Crippen LogP contribution in [-0.4, -0.2) is 64.6 Å². The lowest BCUT2D eigenvalue weighted by Gasteiger charge is -2.38. The van der Waals surface area contributed by atoms with Gasteiger partial charge in [0.25, 0.3) is 0 Å². The number of carbonyl (C=O) groups is 1. The number of hydrogen-bond donors (Lipinski definition) is 2. The average Bonchev–Trinajstić information content (AvgIpc) is 3.14. The van der Waals surface area contributed by atoms with Crippen molar-refractivity contribution in [2.75, 3.05) is 37.6 Å². The third kappa shape index (κ3) is 5.87. The van der Waals surface area contributed by atoms with Gasteiger partial charge in [0.1, 0.15) is 18.0 Å². The van der Waals surface area contributed by atoms with Crippen molar-refractivity contribution in [2.45, 2.75) is 63.8 Å². The Hall–Kier alpha value is -2.79. The summed E-state index contributed by atoms with van der Waals surface area (Å²) in [6.45, 7) is 8.04. The number of aromatic nitrogens is 2. The number of hydrogen-bond acceptors (Lipinski definition) is 6. The predicted octanol–water partition coefficient (Wildman–Crippen LogP) is 4.00. The Labute approximate surface area is 213 Å². The van der Waals surface area contributed by atoms with Gasteiger partial charge in [0.15, 0.2) is 0 Å². The van der Waals surface area contributed by atoms with Crippen LogP contribution in [0.5, 0.6) is 0 Å². The summed E-state index contributed by atoms with van der Waals surface area (Å²) in [7, 11) is 0. The zero-order valence-electron chi connectivity index (χ0n) is 21.2. The van der Waals surface area contributed by atoms with Crippen molar-refractivity contribution in [2.24, 2.45) is 0 Å². The molecule has 11 heteroatoms. The van der Waals surface area contributed by atoms with Crippen molar-refractivity contribution in [1.82, 2.24) is 20.2 Å². The van der Waals surface area contributed by atoms with Gasteiger partial charge < -0.3 is 20.2 Å². The molecule has 3 atom stereocenters. The second-order valence-electron chi connectivity index (χ2n) is 10.1. The van der Waals surface area contributed by atoms with Crippen molar-refractivity contribution < 1.29 is 27.5 Å². The van der Waals surface area contributed by atoms with Crippen LogP contribution in [0.2, 0.25) is 0 Å². The second kappa shape index (κ2) is 10.9. The predicted molar refractivity (Wildman–Crippen MR) is 131 cm³/mol. The summed E-state index contributed by atoms with van der Waals surface area (Å²) in [6.07, 6.45) is -2.99. The van der Waals surface area contributed by atoms with E-state index < -0.39 is 29.6 Å². The fourth-order valence-electron chi connectivity index (χ4n) is 5.23. The smallest absolute Gasteiger partial charge is 0.387 e. The van der Waals surface area contributed by atoms with E-state index in [9.17, 15) is 27.5 Å². The molecule has 0 radical (unpaired) electrons. The molecule has 37 heavy (non-hydrogen) atoms. The maximum Gasteiger partial charge on any atom is 0.416 e. The topological polar surface area (TPSA) is 81.6 Å². The average molecular weight is 524 g/mol. The number of aliphatic hydroxyl groups is 1. The lowest BCUT2D eigenvalue weighted by Crippen LogP contribution is -2.50. The van der Waals surface area contributed by atoms with E-state index in [0.717, 1.165) is 23.5 Å². The first kappa shape index (κ1) is 27.3. The standard InChI is InChI=1S/C26H33F4N5O2/c1-15(2)31-7-6-19(18-5-4-17(13-20(18)27)26(28,29)30)25(37)35-10-8-34(9-11-35)24-22-16(3)12-21(36)23(22)32-14-33-24/h4-5,13-16,19,21,31,36H,6-12H2,1-3H3/t16-,19-,21-/m1/s1. The van der Waals surface area contributed by atoms with Gasteiger partial charge in [0.05, 0.1) is 23.3 Å². The van der Waals surface area contributed by atoms with Gasteiger partial charge in [-0.25, -0.2) is 14.4 Å². The summed E-state index contributed by atoms with van der Waals surface area (Å²) in [5.41, 5.74) is 0.471. The molecule has 0 spiro atoms. The molecule has 1 aliphatic carbocycles. The third-order valence-electron chi connectivity index (χ3n) is 7.16. The molecule has 1 aromatic heterocycles. The van der Waals surface area contributed by atoms with Crippen LogP contribution in [0.25, 0.3) is 0 Å². The first-order chi connectivity index (χ1) is 17.5. The number of aliphatic hydroxyl groups excluding tert-OH is 1. The van der Waals surface area contributed by atoms with Gasteiger partial charge in [0.2, 0.25) is 5.91 Å². The van der Waals surface area contributed by atoms with Gasteiger partial charge >= 0.3 is 6.18 Å². The van der Waals surface area contributed by atoms with E-state index in [0.29, 0.717) is 50.9 Å². The Kier molecular flexibility index (Phi) is 8.03. The molecule has 2 heterocycles. The van der Waals surface area contributed by atoms with E-state index in [-0.39, 0.29) is 29.9 Å². The number of piperazine rings is 1. The number of fused-ring (bicyclic) bond motifs is 1. The Morgan fingerprint density at radius 1 is 1.19 bits per heavy atom. The lowest BCUT2D eigenvalue weighted by atomic mass is 9.92. The monoisotopic (exact) mass is 523 g/mol. The maximum atomic E-state index is 14.9. The molecule has 1 aromatic carbocycles. The SMILES string of the molecule is CC(C)NCC[C@@H](C(=O)N1CCN(c2ncnc3c2[C@H](C)C[C@H]3O)CC1)c1ccc(C(F)(F)F)cc1F. The van der Waals surface area contributed by atoms with Crippen LogP contribution >= 0.6 is 0 Å². The van der Waals surface area contributed by atoms with Crippen LogP contribution in [0, 0.1) is 5.82 Å². The van der Waals surface area contributed by atoms with Crippen molar-refractivity contribution in [3.8, 4) is 0 Å². The van der Waals surface area contributed by atoms with Gasteiger partial charge in [-0.05, 0) is 37.4 Å². The molecule has 202 valence electrons. The highest BCUT2D eigenvalue weighted by Gasteiger charge is 2.36. The van der Waals surface area contributed by atoms with Gasteiger partial charge in [-0.15, -0.1) is 0 Å². The largest absolute Gasteiger partial charge is 0.416 e. The number of benzene rings is 1. The number of alkyl halides is 3. The molecule has 2 N–H and O–H groups in total. The molecule has 7 nitrogen and oxygen atoms in total. The number of amides is 1. The summed E-state index contributed by atoms with van der Waals surface area (Å²) >= 11 is 0. The van der Waals surface area contributed by atoms with E-state index in [1.165, 1.54) is 6.33 Å². The van der Waals surface area contributed by atoms with Gasteiger partial charge in [-0.2, -0.15) is 13.2 Å². The van der Waals surface area contributed by atoms with Gasteiger partial charge in [-0.3, -0.25) is 4.79 Å². The Morgan fingerprint density at radius 3 is 2.51 bits per heavy atom.